The maximum atomic E-state index is 12.7. The van der Waals surface area contributed by atoms with Crippen molar-refractivity contribution in [3.05, 3.63) is 11.6 Å². The zero-order chi connectivity index (χ0) is 18.7. The van der Waals surface area contributed by atoms with Crippen LogP contribution in [0.15, 0.2) is 11.6 Å². The summed E-state index contributed by atoms with van der Waals surface area (Å²) in [5.41, 5.74) is 0.187. The van der Waals surface area contributed by atoms with Crippen molar-refractivity contribution in [2.45, 2.75) is 77.7 Å². The van der Waals surface area contributed by atoms with Gasteiger partial charge in [-0.3, -0.25) is 14.4 Å². The van der Waals surface area contributed by atoms with Crippen LogP contribution in [0, 0.1) is 29.1 Å². The van der Waals surface area contributed by atoms with Crippen molar-refractivity contribution in [2.24, 2.45) is 29.1 Å². The smallest absolute Gasteiger partial charge is 0.303 e. The molecule has 0 spiro atoms. The van der Waals surface area contributed by atoms with Crippen molar-refractivity contribution in [1.82, 2.24) is 0 Å². The van der Waals surface area contributed by atoms with Gasteiger partial charge in [0.1, 0.15) is 0 Å². The molecule has 0 N–H and O–H groups in total. The number of ether oxygens (including phenoxy) is 1. The molecule has 0 amide bonds. The first kappa shape index (κ1) is 17.9. The van der Waals surface area contributed by atoms with E-state index in [4.69, 9.17) is 4.74 Å². The standard InChI is InChI=1S/C22H30O4/c1-13(23)22(26-14(2)24)11-9-20-19-6-4-15-12-16(25)5-7-17(15)18(19)8-10-21(20,22)3/h12,17-20H,4-11H2,1-3H3/t17-,18-,19-,20-,21+,22+/m1/s1. The van der Waals surface area contributed by atoms with Crippen molar-refractivity contribution < 1.29 is 19.1 Å². The minimum Gasteiger partial charge on any atom is -0.451 e. The number of fused-ring (bicyclic) bond motifs is 5. The fourth-order valence-electron chi connectivity index (χ4n) is 7.24. The molecule has 4 aliphatic carbocycles. The number of hydrogen-bond acceptors (Lipinski definition) is 4. The molecule has 4 aliphatic rings. The number of ketones is 2. The first-order chi connectivity index (χ1) is 12.3. The lowest BCUT2D eigenvalue weighted by molar-refractivity contribution is -0.185. The summed E-state index contributed by atoms with van der Waals surface area (Å²) in [6.45, 7) is 5.21. The molecule has 4 heteroatoms. The van der Waals surface area contributed by atoms with Crippen LogP contribution in [0.5, 0.6) is 0 Å². The molecular formula is C22H30O4. The van der Waals surface area contributed by atoms with Crippen LogP contribution in [0.25, 0.3) is 0 Å². The molecule has 3 fully saturated rings. The number of allylic oxidation sites excluding steroid dienone is 1. The summed E-state index contributed by atoms with van der Waals surface area (Å²) < 4.78 is 5.79. The predicted molar refractivity (Wildman–Crippen MR) is 97.3 cm³/mol. The van der Waals surface area contributed by atoms with Gasteiger partial charge in [0.25, 0.3) is 0 Å². The average molecular weight is 358 g/mol. The Morgan fingerprint density at radius 3 is 2.50 bits per heavy atom. The van der Waals surface area contributed by atoms with Gasteiger partial charge in [-0.05, 0) is 81.6 Å². The number of carbonyl (C=O) groups is 3. The highest BCUT2D eigenvalue weighted by Crippen LogP contribution is 2.66. The highest BCUT2D eigenvalue weighted by molar-refractivity contribution is 5.91. The number of hydrogen-bond donors (Lipinski definition) is 0. The monoisotopic (exact) mass is 358 g/mol. The molecule has 0 aromatic rings. The number of carbonyl (C=O) groups excluding carboxylic acids is 3. The maximum Gasteiger partial charge on any atom is 0.303 e. The quantitative estimate of drug-likeness (QED) is 0.700. The van der Waals surface area contributed by atoms with Gasteiger partial charge in [0.05, 0.1) is 0 Å². The molecule has 0 unspecified atom stereocenters. The third-order valence-corrected chi connectivity index (χ3v) is 8.31. The molecule has 0 aliphatic heterocycles. The molecular weight excluding hydrogens is 328 g/mol. The van der Waals surface area contributed by atoms with Gasteiger partial charge in [-0.15, -0.1) is 0 Å². The van der Waals surface area contributed by atoms with E-state index in [9.17, 15) is 14.4 Å². The molecule has 0 radical (unpaired) electrons. The topological polar surface area (TPSA) is 60.4 Å². The highest BCUT2D eigenvalue weighted by Gasteiger charge is 2.66. The molecule has 0 heterocycles. The van der Waals surface area contributed by atoms with Crippen LogP contribution in [0.2, 0.25) is 0 Å². The van der Waals surface area contributed by atoms with E-state index < -0.39 is 5.60 Å². The lowest BCUT2D eigenvalue weighted by Crippen LogP contribution is -2.57. The molecule has 0 saturated heterocycles. The van der Waals surface area contributed by atoms with Gasteiger partial charge >= 0.3 is 5.97 Å². The first-order valence-corrected chi connectivity index (χ1v) is 10.2. The number of rotatable bonds is 2. The molecule has 4 nitrogen and oxygen atoms in total. The largest absolute Gasteiger partial charge is 0.451 e. The van der Waals surface area contributed by atoms with Crippen molar-refractivity contribution in [1.29, 1.82) is 0 Å². The van der Waals surface area contributed by atoms with Gasteiger partial charge in [0, 0.05) is 18.8 Å². The Hall–Kier alpha value is -1.45. The van der Waals surface area contributed by atoms with Crippen LogP contribution in [0.3, 0.4) is 0 Å². The van der Waals surface area contributed by atoms with E-state index in [1.807, 2.05) is 6.08 Å². The maximum absolute atomic E-state index is 12.7. The average Bonchev–Trinajstić information content (AvgIpc) is 2.87. The second kappa shape index (κ2) is 6.03. The predicted octanol–water partition coefficient (Wildman–Crippen LogP) is 4.02. The van der Waals surface area contributed by atoms with Crippen LogP contribution in [-0.2, 0) is 19.1 Å². The van der Waals surface area contributed by atoms with E-state index in [0.29, 0.717) is 42.3 Å². The second-order valence-corrected chi connectivity index (χ2v) is 9.28. The zero-order valence-electron chi connectivity index (χ0n) is 16.2. The Balaban J connectivity index is 1.66. The molecule has 0 aromatic heterocycles. The summed E-state index contributed by atoms with van der Waals surface area (Å²) in [6, 6.07) is 0. The number of esters is 1. The first-order valence-electron chi connectivity index (χ1n) is 10.2. The van der Waals surface area contributed by atoms with Gasteiger partial charge in [-0.2, -0.15) is 0 Å². The van der Waals surface area contributed by atoms with E-state index >= 15 is 0 Å². The Labute approximate surface area is 155 Å². The van der Waals surface area contributed by atoms with Gasteiger partial charge < -0.3 is 4.74 Å². The zero-order valence-corrected chi connectivity index (χ0v) is 16.2. The molecule has 26 heavy (non-hydrogen) atoms. The van der Waals surface area contributed by atoms with Crippen molar-refractivity contribution >= 4 is 17.5 Å². The number of Topliss-reactive ketones (excluding diaryl/α,β-unsaturated/α-hetero) is 1. The lowest BCUT2D eigenvalue weighted by Gasteiger charge is -2.55. The molecule has 4 rings (SSSR count). The van der Waals surface area contributed by atoms with E-state index in [2.05, 4.69) is 6.92 Å². The lowest BCUT2D eigenvalue weighted by atomic mass is 9.50. The summed E-state index contributed by atoms with van der Waals surface area (Å²) in [7, 11) is 0. The normalized spacial score (nSPS) is 44.4. The summed E-state index contributed by atoms with van der Waals surface area (Å²) in [5.74, 6) is 2.16. The van der Waals surface area contributed by atoms with E-state index in [1.54, 1.807) is 6.92 Å². The summed E-state index contributed by atoms with van der Waals surface area (Å²) in [5, 5.41) is 0. The van der Waals surface area contributed by atoms with E-state index in [1.165, 1.54) is 12.5 Å². The minimum absolute atomic E-state index is 0.0100. The van der Waals surface area contributed by atoms with Crippen LogP contribution in [0.1, 0.15) is 72.1 Å². The fraction of sp³-hybridized carbons (Fsp3) is 0.773. The highest BCUT2D eigenvalue weighted by atomic mass is 16.6. The van der Waals surface area contributed by atoms with Gasteiger partial charge in [-0.1, -0.05) is 12.5 Å². The SMILES string of the molecule is CC(=O)O[C@]1(C(C)=O)CC[C@@H]2[C@@H]3CCC4=CC(=O)CC[C@H]4[C@H]3CC[C@@]21C. The summed E-state index contributed by atoms with van der Waals surface area (Å²) >= 11 is 0. The summed E-state index contributed by atoms with van der Waals surface area (Å²) in [6.07, 6.45) is 9.37. The van der Waals surface area contributed by atoms with Crippen LogP contribution >= 0.6 is 0 Å². The van der Waals surface area contributed by atoms with Crippen LogP contribution in [-0.4, -0.2) is 23.1 Å². The summed E-state index contributed by atoms with van der Waals surface area (Å²) in [4.78, 5) is 36.3. The van der Waals surface area contributed by atoms with Crippen molar-refractivity contribution in [3.63, 3.8) is 0 Å². The van der Waals surface area contributed by atoms with Crippen LogP contribution in [0.4, 0.5) is 0 Å². The van der Waals surface area contributed by atoms with Gasteiger partial charge in [0.15, 0.2) is 17.2 Å². The third kappa shape index (κ3) is 2.36. The fourth-order valence-corrected chi connectivity index (χ4v) is 7.24. The van der Waals surface area contributed by atoms with Crippen molar-refractivity contribution in [3.8, 4) is 0 Å². The second-order valence-electron chi connectivity index (χ2n) is 9.28. The van der Waals surface area contributed by atoms with Gasteiger partial charge in [0.2, 0.25) is 0 Å². The molecule has 6 atom stereocenters. The molecule has 0 aromatic carbocycles. The third-order valence-electron chi connectivity index (χ3n) is 8.31. The molecule has 3 saturated carbocycles. The Morgan fingerprint density at radius 1 is 1.04 bits per heavy atom. The Kier molecular flexibility index (Phi) is 4.16. The van der Waals surface area contributed by atoms with Crippen LogP contribution < -0.4 is 0 Å². The van der Waals surface area contributed by atoms with Gasteiger partial charge in [-0.25, -0.2) is 0 Å². The van der Waals surface area contributed by atoms with E-state index in [0.717, 1.165) is 38.5 Å². The van der Waals surface area contributed by atoms with E-state index in [-0.39, 0.29) is 17.2 Å². The minimum atomic E-state index is -0.937. The molecule has 0 bridgehead atoms. The van der Waals surface area contributed by atoms with Crippen molar-refractivity contribution in [2.75, 3.05) is 0 Å². The Morgan fingerprint density at radius 2 is 1.81 bits per heavy atom. The Bertz CT molecular complexity index is 692. The molecule has 142 valence electrons.